The Kier molecular flexibility index (Phi) is 4.20. The molecule has 1 aromatic rings. The monoisotopic (exact) mass is 318 g/mol. The lowest BCUT2D eigenvalue weighted by atomic mass is 10.2. The molecule has 2 heterocycles. The molecule has 7 nitrogen and oxygen atoms in total. The van der Waals surface area contributed by atoms with Gasteiger partial charge in [0.1, 0.15) is 12.0 Å². The van der Waals surface area contributed by atoms with E-state index in [0.29, 0.717) is 11.4 Å². The van der Waals surface area contributed by atoms with E-state index in [-0.39, 0.29) is 31.9 Å². The summed E-state index contributed by atoms with van der Waals surface area (Å²) < 4.78 is 37.1. The van der Waals surface area contributed by atoms with Crippen molar-refractivity contribution >= 4 is 17.4 Å². The Balaban J connectivity index is 2.06. The minimum absolute atomic E-state index is 0.0730. The molecule has 0 unspecified atom stereocenters. The van der Waals surface area contributed by atoms with Gasteiger partial charge in [-0.1, -0.05) is 0 Å². The van der Waals surface area contributed by atoms with Crippen LogP contribution in [0.1, 0.15) is 5.56 Å². The highest BCUT2D eigenvalue weighted by Gasteiger charge is 2.43. The van der Waals surface area contributed by atoms with Gasteiger partial charge in [-0.2, -0.15) is 13.2 Å². The number of anilines is 1. The van der Waals surface area contributed by atoms with E-state index in [1.54, 1.807) is 11.8 Å². The van der Waals surface area contributed by atoms with E-state index in [1.165, 1.54) is 6.07 Å². The molecule has 1 fully saturated rings. The van der Waals surface area contributed by atoms with Crippen LogP contribution in [-0.2, 0) is 4.79 Å². The quantitative estimate of drug-likeness (QED) is 0.610. The molecule has 0 atom stereocenters. The normalized spacial score (nSPS) is 15.8. The van der Waals surface area contributed by atoms with E-state index in [9.17, 15) is 28.1 Å². The van der Waals surface area contributed by atoms with Crippen molar-refractivity contribution in [3.05, 3.63) is 27.9 Å². The molecular formula is C12H13F3N4O3. The summed E-state index contributed by atoms with van der Waals surface area (Å²) in [6, 6.07) is 1.36. The number of aryl methyl sites for hydroxylation is 1. The number of alkyl halides is 3. The summed E-state index contributed by atoms with van der Waals surface area (Å²) in [6.45, 7) is 1.87. The van der Waals surface area contributed by atoms with Crippen molar-refractivity contribution in [1.29, 1.82) is 0 Å². The second-order valence-electron chi connectivity index (χ2n) is 4.87. The highest BCUT2D eigenvalue weighted by Crippen LogP contribution is 2.24. The van der Waals surface area contributed by atoms with Crippen molar-refractivity contribution in [1.82, 2.24) is 9.88 Å². The molecule has 1 saturated heterocycles. The fourth-order valence-electron chi connectivity index (χ4n) is 2.28. The van der Waals surface area contributed by atoms with Gasteiger partial charge in [-0.05, 0) is 12.5 Å². The fourth-order valence-corrected chi connectivity index (χ4v) is 2.28. The number of amides is 1. The van der Waals surface area contributed by atoms with Gasteiger partial charge in [0.15, 0.2) is 0 Å². The maximum absolute atomic E-state index is 12.4. The van der Waals surface area contributed by atoms with E-state index < -0.39 is 17.0 Å². The standard InChI is InChI=1S/C12H13F3N4O3/c1-8-6-9(19(21)22)7-16-10(8)17-2-4-18(5-3-17)11(20)12(13,14)15/h6-7H,2-5H2,1H3. The molecule has 1 aromatic heterocycles. The summed E-state index contributed by atoms with van der Waals surface area (Å²) in [7, 11) is 0. The third kappa shape index (κ3) is 3.26. The Hall–Kier alpha value is -2.39. The lowest BCUT2D eigenvalue weighted by Gasteiger charge is -2.36. The largest absolute Gasteiger partial charge is 0.471 e. The molecule has 0 spiro atoms. The molecule has 22 heavy (non-hydrogen) atoms. The van der Waals surface area contributed by atoms with Gasteiger partial charge < -0.3 is 9.80 Å². The number of carbonyl (C=O) groups is 1. The summed E-state index contributed by atoms with van der Waals surface area (Å²) in [5.41, 5.74) is 0.414. The van der Waals surface area contributed by atoms with E-state index in [4.69, 9.17) is 0 Å². The number of carbonyl (C=O) groups excluding carboxylic acids is 1. The molecule has 0 bridgehead atoms. The lowest BCUT2D eigenvalue weighted by Crippen LogP contribution is -2.52. The first-order chi connectivity index (χ1) is 10.2. The van der Waals surface area contributed by atoms with E-state index >= 15 is 0 Å². The number of nitrogens with zero attached hydrogens (tertiary/aromatic N) is 4. The summed E-state index contributed by atoms with van der Waals surface area (Å²) >= 11 is 0. The molecular weight excluding hydrogens is 305 g/mol. The minimum Gasteiger partial charge on any atom is -0.353 e. The molecule has 0 aromatic carbocycles. The highest BCUT2D eigenvalue weighted by molar-refractivity contribution is 5.82. The van der Waals surface area contributed by atoms with Crippen molar-refractivity contribution in [2.45, 2.75) is 13.1 Å². The number of aromatic nitrogens is 1. The van der Waals surface area contributed by atoms with Crippen LogP contribution in [0.3, 0.4) is 0 Å². The number of piperazine rings is 1. The molecule has 0 radical (unpaired) electrons. The van der Waals surface area contributed by atoms with Gasteiger partial charge in [0.2, 0.25) is 0 Å². The Morgan fingerprint density at radius 2 is 1.91 bits per heavy atom. The molecule has 1 aliphatic heterocycles. The fraction of sp³-hybridized carbons (Fsp3) is 0.500. The number of halogens is 3. The molecule has 1 amide bonds. The molecule has 0 saturated carbocycles. The molecule has 0 aliphatic carbocycles. The average Bonchev–Trinajstić information content (AvgIpc) is 2.45. The molecule has 10 heteroatoms. The predicted octanol–water partition coefficient (Wildman–Crippen LogP) is 1.51. The van der Waals surface area contributed by atoms with Crippen LogP contribution in [0.25, 0.3) is 0 Å². The van der Waals surface area contributed by atoms with Crippen LogP contribution in [0.15, 0.2) is 12.3 Å². The van der Waals surface area contributed by atoms with Crippen molar-refractivity contribution in [2.24, 2.45) is 0 Å². The Morgan fingerprint density at radius 1 is 1.32 bits per heavy atom. The lowest BCUT2D eigenvalue weighted by molar-refractivity contribution is -0.385. The van der Waals surface area contributed by atoms with Crippen molar-refractivity contribution in [2.75, 3.05) is 31.1 Å². The van der Waals surface area contributed by atoms with Gasteiger partial charge in [-0.25, -0.2) is 4.98 Å². The second-order valence-corrected chi connectivity index (χ2v) is 4.87. The zero-order valence-electron chi connectivity index (χ0n) is 11.6. The number of pyridine rings is 1. The SMILES string of the molecule is Cc1cc([N+](=O)[O-])cnc1N1CCN(C(=O)C(F)(F)F)CC1. The number of hydrogen-bond acceptors (Lipinski definition) is 5. The van der Waals surface area contributed by atoms with Crippen LogP contribution in [0.5, 0.6) is 0 Å². The van der Waals surface area contributed by atoms with Crippen LogP contribution in [0.2, 0.25) is 0 Å². The Bertz CT molecular complexity index is 598. The van der Waals surface area contributed by atoms with Crippen LogP contribution in [-0.4, -0.2) is 53.1 Å². The first-order valence-electron chi connectivity index (χ1n) is 6.42. The topological polar surface area (TPSA) is 79.6 Å². The summed E-state index contributed by atoms with van der Waals surface area (Å²) in [6.07, 6.45) is -3.76. The van der Waals surface area contributed by atoms with Crippen molar-refractivity contribution in [3.63, 3.8) is 0 Å². The number of hydrogen-bond donors (Lipinski definition) is 0. The number of rotatable bonds is 2. The third-order valence-electron chi connectivity index (χ3n) is 3.36. The van der Waals surface area contributed by atoms with Crippen molar-refractivity contribution in [3.8, 4) is 0 Å². The van der Waals surface area contributed by atoms with Gasteiger partial charge in [-0.15, -0.1) is 0 Å². The molecule has 2 rings (SSSR count). The van der Waals surface area contributed by atoms with Gasteiger partial charge in [0.05, 0.1) is 4.92 Å². The maximum Gasteiger partial charge on any atom is 0.471 e. The van der Waals surface area contributed by atoms with E-state index in [1.807, 2.05) is 0 Å². The number of nitro groups is 1. The highest BCUT2D eigenvalue weighted by atomic mass is 19.4. The third-order valence-corrected chi connectivity index (χ3v) is 3.36. The first kappa shape index (κ1) is 16.0. The van der Waals surface area contributed by atoms with Crippen LogP contribution >= 0.6 is 0 Å². The average molecular weight is 318 g/mol. The maximum atomic E-state index is 12.4. The predicted molar refractivity (Wildman–Crippen MR) is 70.5 cm³/mol. The molecule has 1 aliphatic rings. The Morgan fingerprint density at radius 3 is 2.36 bits per heavy atom. The summed E-state index contributed by atoms with van der Waals surface area (Å²) in [5.74, 6) is -1.37. The van der Waals surface area contributed by atoms with Crippen LogP contribution in [0.4, 0.5) is 24.7 Å². The van der Waals surface area contributed by atoms with E-state index in [0.717, 1.165) is 11.1 Å². The van der Waals surface area contributed by atoms with Crippen LogP contribution < -0.4 is 4.90 Å². The zero-order chi connectivity index (χ0) is 16.5. The van der Waals surface area contributed by atoms with E-state index in [2.05, 4.69) is 4.98 Å². The van der Waals surface area contributed by atoms with Gasteiger partial charge >= 0.3 is 12.1 Å². The molecule has 120 valence electrons. The van der Waals surface area contributed by atoms with Crippen molar-refractivity contribution < 1.29 is 22.9 Å². The van der Waals surface area contributed by atoms with Gasteiger partial charge in [-0.3, -0.25) is 14.9 Å². The van der Waals surface area contributed by atoms with Gasteiger partial charge in [0.25, 0.3) is 5.69 Å². The molecule has 0 N–H and O–H groups in total. The smallest absolute Gasteiger partial charge is 0.353 e. The minimum atomic E-state index is -4.87. The van der Waals surface area contributed by atoms with Crippen LogP contribution in [0, 0.1) is 17.0 Å². The zero-order valence-corrected chi connectivity index (χ0v) is 11.6. The Labute approximate surface area is 123 Å². The summed E-state index contributed by atoms with van der Waals surface area (Å²) in [4.78, 5) is 27.7. The summed E-state index contributed by atoms with van der Waals surface area (Å²) in [5, 5.41) is 10.7. The van der Waals surface area contributed by atoms with Gasteiger partial charge in [0, 0.05) is 32.2 Å². The first-order valence-corrected chi connectivity index (χ1v) is 6.42. The second kappa shape index (κ2) is 5.78.